The molecule has 0 saturated heterocycles. The van der Waals surface area contributed by atoms with E-state index in [0.29, 0.717) is 22.9 Å². The van der Waals surface area contributed by atoms with Gasteiger partial charge < -0.3 is 14.8 Å². The Labute approximate surface area is 157 Å². The molecule has 0 bridgehead atoms. The smallest absolute Gasteiger partial charge is 0.234 e. The van der Waals surface area contributed by atoms with Crippen LogP contribution < -0.4 is 14.8 Å². The highest BCUT2D eigenvalue weighted by Gasteiger charge is 2.07. The number of fused-ring (bicyclic) bond motifs is 1. The van der Waals surface area contributed by atoms with Gasteiger partial charge in [-0.1, -0.05) is 42.5 Å². The fraction of sp³-hybridized carbons (Fsp3) is 0.190. The zero-order valence-corrected chi connectivity index (χ0v) is 15.6. The van der Waals surface area contributed by atoms with Gasteiger partial charge in [0.2, 0.25) is 5.91 Å². The molecule has 0 saturated carbocycles. The SMILES string of the molecule is COc1cc(NC(=O)CSCc2ccc3ccccc3c2)cc(OC)c1. The fourth-order valence-corrected chi connectivity index (χ4v) is 3.44. The molecule has 0 atom stereocenters. The highest BCUT2D eigenvalue weighted by molar-refractivity contribution is 7.99. The second kappa shape index (κ2) is 8.63. The van der Waals surface area contributed by atoms with E-state index in [1.807, 2.05) is 12.1 Å². The Bertz CT molecular complexity index is 888. The van der Waals surface area contributed by atoms with Crippen molar-refractivity contribution < 1.29 is 14.3 Å². The van der Waals surface area contributed by atoms with Gasteiger partial charge in [0, 0.05) is 29.6 Å². The number of carbonyl (C=O) groups excluding carboxylic acids is 1. The molecule has 0 aliphatic rings. The van der Waals surface area contributed by atoms with Gasteiger partial charge in [-0.25, -0.2) is 0 Å². The minimum atomic E-state index is -0.0499. The Balaban J connectivity index is 1.55. The maximum Gasteiger partial charge on any atom is 0.234 e. The van der Waals surface area contributed by atoms with Crippen LogP contribution in [-0.4, -0.2) is 25.9 Å². The molecule has 4 nitrogen and oxygen atoms in total. The molecule has 1 amide bonds. The average Bonchev–Trinajstić information content (AvgIpc) is 2.67. The summed E-state index contributed by atoms with van der Waals surface area (Å²) in [5.74, 6) is 2.41. The molecular weight excluding hydrogens is 346 g/mol. The first-order valence-electron chi connectivity index (χ1n) is 8.26. The van der Waals surface area contributed by atoms with E-state index in [9.17, 15) is 4.79 Å². The molecule has 3 aromatic carbocycles. The maximum absolute atomic E-state index is 12.2. The Hall–Kier alpha value is -2.66. The molecule has 0 aliphatic heterocycles. The van der Waals surface area contributed by atoms with Crippen LogP contribution in [0, 0.1) is 0 Å². The number of hydrogen-bond donors (Lipinski definition) is 1. The van der Waals surface area contributed by atoms with Crippen molar-refractivity contribution in [2.24, 2.45) is 0 Å². The zero-order chi connectivity index (χ0) is 18.4. The average molecular weight is 367 g/mol. The summed E-state index contributed by atoms with van der Waals surface area (Å²) in [6, 6.07) is 20.0. The quantitative estimate of drug-likeness (QED) is 0.656. The predicted molar refractivity (Wildman–Crippen MR) is 108 cm³/mol. The first-order chi connectivity index (χ1) is 12.7. The highest BCUT2D eigenvalue weighted by atomic mass is 32.2. The molecular formula is C21H21NO3S. The van der Waals surface area contributed by atoms with Gasteiger partial charge in [0.05, 0.1) is 20.0 Å². The predicted octanol–water partition coefficient (Wildman–Crippen LogP) is 4.73. The Kier molecular flexibility index (Phi) is 6.02. The summed E-state index contributed by atoms with van der Waals surface area (Å²) in [4.78, 5) is 12.2. The van der Waals surface area contributed by atoms with E-state index in [1.54, 1.807) is 44.2 Å². The zero-order valence-electron chi connectivity index (χ0n) is 14.8. The molecule has 1 N–H and O–H groups in total. The van der Waals surface area contributed by atoms with E-state index in [-0.39, 0.29) is 5.91 Å². The van der Waals surface area contributed by atoms with Gasteiger partial charge in [-0.05, 0) is 16.3 Å². The van der Waals surface area contributed by atoms with Gasteiger partial charge in [-0.3, -0.25) is 4.79 Å². The number of hydrogen-bond acceptors (Lipinski definition) is 4. The Morgan fingerprint density at radius 1 is 0.923 bits per heavy atom. The second-order valence-corrected chi connectivity index (χ2v) is 6.81. The van der Waals surface area contributed by atoms with Crippen molar-refractivity contribution >= 4 is 34.1 Å². The van der Waals surface area contributed by atoms with Gasteiger partial charge in [0.1, 0.15) is 11.5 Å². The molecule has 5 heteroatoms. The van der Waals surface area contributed by atoms with Crippen molar-refractivity contribution in [2.75, 3.05) is 25.3 Å². The van der Waals surface area contributed by atoms with Crippen LogP contribution in [0.4, 0.5) is 5.69 Å². The first-order valence-corrected chi connectivity index (χ1v) is 9.42. The summed E-state index contributed by atoms with van der Waals surface area (Å²) in [5, 5.41) is 5.34. The summed E-state index contributed by atoms with van der Waals surface area (Å²) in [6.07, 6.45) is 0. The van der Waals surface area contributed by atoms with E-state index < -0.39 is 0 Å². The van der Waals surface area contributed by atoms with Crippen molar-refractivity contribution in [3.8, 4) is 11.5 Å². The summed E-state index contributed by atoms with van der Waals surface area (Å²) >= 11 is 1.59. The molecule has 26 heavy (non-hydrogen) atoms. The topological polar surface area (TPSA) is 47.6 Å². The van der Waals surface area contributed by atoms with Gasteiger partial charge in [-0.2, -0.15) is 0 Å². The molecule has 0 aliphatic carbocycles. The lowest BCUT2D eigenvalue weighted by molar-refractivity contribution is -0.113. The lowest BCUT2D eigenvalue weighted by Gasteiger charge is -2.10. The molecule has 134 valence electrons. The van der Waals surface area contributed by atoms with Crippen LogP contribution in [0.25, 0.3) is 10.8 Å². The Morgan fingerprint density at radius 3 is 2.31 bits per heavy atom. The van der Waals surface area contributed by atoms with Crippen LogP contribution in [0.1, 0.15) is 5.56 Å². The summed E-state index contributed by atoms with van der Waals surface area (Å²) in [6.45, 7) is 0. The molecule has 3 aromatic rings. The third kappa shape index (κ3) is 4.70. The molecule has 0 unspecified atom stereocenters. The number of amides is 1. The lowest BCUT2D eigenvalue weighted by Crippen LogP contribution is -2.14. The van der Waals surface area contributed by atoms with Gasteiger partial charge in [-0.15, -0.1) is 11.8 Å². The van der Waals surface area contributed by atoms with Crippen LogP contribution in [0.15, 0.2) is 60.7 Å². The van der Waals surface area contributed by atoms with E-state index in [4.69, 9.17) is 9.47 Å². The number of rotatable bonds is 7. The second-order valence-electron chi connectivity index (χ2n) is 5.82. The summed E-state index contributed by atoms with van der Waals surface area (Å²) in [7, 11) is 3.17. The highest BCUT2D eigenvalue weighted by Crippen LogP contribution is 2.26. The number of thioether (sulfide) groups is 1. The van der Waals surface area contributed by atoms with E-state index in [0.717, 1.165) is 5.75 Å². The number of methoxy groups -OCH3 is 2. The molecule has 0 spiro atoms. The Morgan fingerprint density at radius 2 is 1.62 bits per heavy atom. The van der Waals surface area contributed by atoms with Gasteiger partial charge in [0.15, 0.2) is 0 Å². The molecule has 3 rings (SSSR count). The standard InChI is InChI=1S/C21H21NO3S/c1-24-19-10-18(11-20(12-19)25-2)22-21(23)14-26-13-15-7-8-16-5-3-4-6-17(16)9-15/h3-12H,13-14H2,1-2H3,(H,22,23). The number of ether oxygens (including phenoxy) is 2. The van der Waals surface area contributed by atoms with E-state index in [1.165, 1.54) is 16.3 Å². The molecule has 0 heterocycles. The van der Waals surface area contributed by atoms with Crippen LogP contribution in [0.5, 0.6) is 11.5 Å². The minimum Gasteiger partial charge on any atom is -0.497 e. The van der Waals surface area contributed by atoms with Crippen molar-refractivity contribution in [2.45, 2.75) is 5.75 Å². The van der Waals surface area contributed by atoms with Crippen molar-refractivity contribution in [1.29, 1.82) is 0 Å². The monoisotopic (exact) mass is 367 g/mol. The van der Waals surface area contributed by atoms with Gasteiger partial charge in [0.25, 0.3) is 0 Å². The maximum atomic E-state index is 12.2. The van der Waals surface area contributed by atoms with Gasteiger partial charge >= 0.3 is 0 Å². The summed E-state index contributed by atoms with van der Waals surface area (Å²) < 4.78 is 10.4. The normalized spacial score (nSPS) is 10.5. The van der Waals surface area contributed by atoms with Crippen molar-refractivity contribution in [3.63, 3.8) is 0 Å². The van der Waals surface area contributed by atoms with Crippen molar-refractivity contribution in [1.82, 2.24) is 0 Å². The minimum absolute atomic E-state index is 0.0499. The molecule has 0 radical (unpaired) electrons. The van der Waals surface area contributed by atoms with Crippen LogP contribution in [0.3, 0.4) is 0 Å². The van der Waals surface area contributed by atoms with Crippen LogP contribution in [0.2, 0.25) is 0 Å². The molecule has 0 aromatic heterocycles. The molecule has 0 fully saturated rings. The van der Waals surface area contributed by atoms with Crippen LogP contribution >= 0.6 is 11.8 Å². The van der Waals surface area contributed by atoms with E-state index in [2.05, 4.69) is 35.6 Å². The largest absolute Gasteiger partial charge is 0.497 e. The third-order valence-corrected chi connectivity index (χ3v) is 4.95. The van der Waals surface area contributed by atoms with Crippen LogP contribution in [-0.2, 0) is 10.5 Å². The first kappa shape index (κ1) is 18.1. The third-order valence-electron chi connectivity index (χ3n) is 3.95. The number of benzene rings is 3. The van der Waals surface area contributed by atoms with E-state index >= 15 is 0 Å². The number of anilines is 1. The van der Waals surface area contributed by atoms with Crippen molar-refractivity contribution in [3.05, 3.63) is 66.2 Å². The number of nitrogens with one attached hydrogen (secondary N) is 1. The lowest BCUT2D eigenvalue weighted by atomic mass is 10.1. The number of carbonyl (C=O) groups is 1. The fourth-order valence-electron chi connectivity index (χ4n) is 2.67. The summed E-state index contributed by atoms with van der Waals surface area (Å²) in [5.41, 5.74) is 1.88.